The maximum Gasteiger partial charge on any atom is 0.263 e. The summed E-state index contributed by atoms with van der Waals surface area (Å²) in [4.78, 5) is 22.2. The summed E-state index contributed by atoms with van der Waals surface area (Å²) in [7, 11) is 2.16. The number of piperidine rings is 1. The van der Waals surface area contributed by atoms with Gasteiger partial charge in [-0.3, -0.25) is 9.36 Å². The van der Waals surface area contributed by atoms with Crippen LogP contribution in [0.5, 0.6) is 0 Å². The highest BCUT2D eigenvalue weighted by atomic mass is 32.1. The highest BCUT2D eigenvalue weighted by Gasteiger charge is 2.26. The van der Waals surface area contributed by atoms with Gasteiger partial charge in [0.2, 0.25) is 0 Å². The molecular weight excluding hydrogens is 390 g/mol. The second-order valence-electron chi connectivity index (χ2n) is 9.35. The van der Waals surface area contributed by atoms with Crippen molar-refractivity contribution in [2.24, 2.45) is 0 Å². The number of aromatic nitrogens is 2. The monoisotopic (exact) mass is 421 g/mol. The number of thiophene rings is 1. The van der Waals surface area contributed by atoms with Crippen LogP contribution < -0.4 is 5.56 Å². The molecule has 0 amide bonds. The van der Waals surface area contributed by atoms with Crippen molar-refractivity contribution in [1.82, 2.24) is 14.5 Å². The second kappa shape index (κ2) is 7.93. The SMILES string of the molecule is CC(C)c1nc2scc(-c3ccc4c(c3)CCCC4)c2c(=O)n1C1CCN(C)CC1. The van der Waals surface area contributed by atoms with Gasteiger partial charge in [-0.2, -0.15) is 0 Å². The summed E-state index contributed by atoms with van der Waals surface area (Å²) in [6.45, 7) is 6.37. The number of likely N-dealkylation sites (tertiary alicyclic amines) is 1. The zero-order chi connectivity index (χ0) is 20.8. The molecule has 5 rings (SSSR count). The Morgan fingerprint density at radius 2 is 1.83 bits per heavy atom. The lowest BCUT2D eigenvalue weighted by Crippen LogP contribution is -2.37. The van der Waals surface area contributed by atoms with Crippen LogP contribution in [0.1, 0.15) is 68.4 Å². The maximum absolute atomic E-state index is 13.9. The second-order valence-corrected chi connectivity index (χ2v) is 10.2. The number of benzene rings is 1. The van der Waals surface area contributed by atoms with Gasteiger partial charge in [0.1, 0.15) is 10.7 Å². The number of fused-ring (bicyclic) bond motifs is 2. The molecule has 1 aliphatic heterocycles. The first-order chi connectivity index (χ1) is 14.5. The van der Waals surface area contributed by atoms with Crippen molar-refractivity contribution in [3.8, 4) is 11.1 Å². The highest BCUT2D eigenvalue weighted by molar-refractivity contribution is 7.17. The third-order valence-corrected chi connectivity index (χ3v) is 7.77. The fraction of sp³-hybridized carbons (Fsp3) is 0.520. The molecular formula is C25H31N3OS. The molecule has 0 bridgehead atoms. The fourth-order valence-corrected chi connectivity index (χ4v) is 6.09. The lowest BCUT2D eigenvalue weighted by atomic mass is 9.89. The van der Waals surface area contributed by atoms with Gasteiger partial charge in [0, 0.05) is 22.9 Å². The molecule has 2 aromatic heterocycles. The molecule has 0 N–H and O–H groups in total. The normalized spacial score (nSPS) is 18.3. The number of aryl methyl sites for hydroxylation is 2. The van der Waals surface area contributed by atoms with E-state index in [1.54, 1.807) is 11.3 Å². The molecule has 158 valence electrons. The summed E-state index contributed by atoms with van der Waals surface area (Å²) >= 11 is 1.61. The van der Waals surface area contributed by atoms with Crippen LogP contribution in [-0.4, -0.2) is 34.6 Å². The van der Waals surface area contributed by atoms with Crippen LogP contribution in [0, 0.1) is 0 Å². The lowest BCUT2D eigenvalue weighted by Gasteiger charge is -2.32. The molecule has 1 aromatic carbocycles. The third-order valence-electron chi connectivity index (χ3n) is 6.90. The first-order valence-electron chi connectivity index (χ1n) is 11.4. The predicted molar refractivity (Wildman–Crippen MR) is 126 cm³/mol. The first kappa shape index (κ1) is 20.0. The average Bonchev–Trinajstić information content (AvgIpc) is 3.18. The lowest BCUT2D eigenvalue weighted by molar-refractivity contribution is 0.215. The Bertz CT molecular complexity index is 1140. The van der Waals surface area contributed by atoms with Crippen molar-refractivity contribution in [3.05, 3.63) is 50.9 Å². The van der Waals surface area contributed by atoms with Crippen LogP contribution >= 0.6 is 11.3 Å². The molecule has 2 aliphatic rings. The van der Waals surface area contributed by atoms with Crippen LogP contribution in [0.25, 0.3) is 21.3 Å². The molecule has 1 saturated heterocycles. The van der Waals surface area contributed by atoms with Crippen LogP contribution in [0.2, 0.25) is 0 Å². The van der Waals surface area contributed by atoms with E-state index in [0.717, 1.165) is 54.0 Å². The van der Waals surface area contributed by atoms with Gasteiger partial charge >= 0.3 is 0 Å². The topological polar surface area (TPSA) is 38.1 Å². The van der Waals surface area contributed by atoms with Crippen LogP contribution in [0.15, 0.2) is 28.4 Å². The summed E-state index contributed by atoms with van der Waals surface area (Å²) in [5, 5.41) is 2.96. The number of nitrogens with zero attached hydrogens (tertiary/aromatic N) is 3. The van der Waals surface area contributed by atoms with E-state index in [0.29, 0.717) is 0 Å². The molecule has 1 fully saturated rings. The Morgan fingerprint density at radius 3 is 2.57 bits per heavy atom. The Labute approximate surface area is 182 Å². The minimum atomic E-state index is 0.159. The largest absolute Gasteiger partial charge is 0.306 e. The smallest absolute Gasteiger partial charge is 0.263 e. The summed E-state index contributed by atoms with van der Waals surface area (Å²) in [6, 6.07) is 7.06. The van der Waals surface area contributed by atoms with E-state index in [-0.39, 0.29) is 17.5 Å². The Balaban J connectivity index is 1.67. The van der Waals surface area contributed by atoms with E-state index in [9.17, 15) is 4.79 Å². The Kier molecular flexibility index (Phi) is 5.28. The van der Waals surface area contributed by atoms with Crippen molar-refractivity contribution in [2.75, 3.05) is 20.1 Å². The highest BCUT2D eigenvalue weighted by Crippen LogP contribution is 2.35. The van der Waals surface area contributed by atoms with E-state index in [1.807, 2.05) is 0 Å². The average molecular weight is 422 g/mol. The van der Waals surface area contributed by atoms with Crippen LogP contribution in [-0.2, 0) is 12.8 Å². The molecule has 3 heterocycles. The molecule has 0 radical (unpaired) electrons. The van der Waals surface area contributed by atoms with Crippen molar-refractivity contribution in [2.45, 2.75) is 64.3 Å². The van der Waals surface area contributed by atoms with Crippen molar-refractivity contribution in [3.63, 3.8) is 0 Å². The van der Waals surface area contributed by atoms with Crippen molar-refractivity contribution >= 4 is 21.6 Å². The van der Waals surface area contributed by atoms with Gasteiger partial charge in [0.25, 0.3) is 5.56 Å². The molecule has 3 aromatic rings. The van der Waals surface area contributed by atoms with E-state index in [4.69, 9.17) is 4.98 Å². The predicted octanol–water partition coefficient (Wildman–Crippen LogP) is 5.39. The number of hydrogen-bond acceptors (Lipinski definition) is 4. The molecule has 1 aliphatic carbocycles. The van der Waals surface area contributed by atoms with Crippen LogP contribution in [0.3, 0.4) is 0 Å². The standard InChI is InChI=1S/C25H31N3OS/c1-16(2)23-26-24-22(25(29)28(23)20-10-12-27(3)13-11-20)21(15-30-24)19-9-8-17-6-4-5-7-18(17)14-19/h8-9,14-16,20H,4-7,10-13H2,1-3H3. The first-order valence-corrected chi connectivity index (χ1v) is 12.2. The zero-order valence-electron chi connectivity index (χ0n) is 18.3. The van der Waals surface area contributed by atoms with Gasteiger partial charge in [0.05, 0.1) is 5.39 Å². The quantitative estimate of drug-likeness (QED) is 0.569. The summed E-state index contributed by atoms with van der Waals surface area (Å²) in [6.07, 6.45) is 6.92. The van der Waals surface area contributed by atoms with Gasteiger partial charge in [0.15, 0.2) is 0 Å². The van der Waals surface area contributed by atoms with E-state index < -0.39 is 0 Å². The molecule has 0 atom stereocenters. The molecule has 0 saturated carbocycles. The van der Waals surface area contributed by atoms with Gasteiger partial charge in [-0.1, -0.05) is 32.0 Å². The fourth-order valence-electron chi connectivity index (χ4n) is 5.15. The summed E-state index contributed by atoms with van der Waals surface area (Å²) in [5.41, 5.74) is 5.34. The van der Waals surface area contributed by atoms with Crippen LogP contribution in [0.4, 0.5) is 0 Å². The van der Waals surface area contributed by atoms with E-state index in [1.165, 1.54) is 36.0 Å². The van der Waals surface area contributed by atoms with E-state index >= 15 is 0 Å². The Morgan fingerprint density at radius 1 is 1.10 bits per heavy atom. The zero-order valence-corrected chi connectivity index (χ0v) is 19.1. The maximum atomic E-state index is 13.9. The summed E-state index contributed by atoms with van der Waals surface area (Å²) in [5.74, 6) is 1.18. The van der Waals surface area contributed by atoms with Crippen molar-refractivity contribution in [1.29, 1.82) is 0 Å². The minimum Gasteiger partial charge on any atom is -0.306 e. The van der Waals surface area contributed by atoms with E-state index in [2.05, 4.69) is 53.9 Å². The van der Waals surface area contributed by atoms with Gasteiger partial charge in [-0.15, -0.1) is 11.3 Å². The molecule has 30 heavy (non-hydrogen) atoms. The van der Waals surface area contributed by atoms with Crippen molar-refractivity contribution < 1.29 is 0 Å². The Hall–Kier alpha value is -1.98. The number of hydrogen-bond donors (Lipinski definition) is 0. The summed E-state index contributed by atoms with van der Waals surface area (Å²) < 4.78 is 2.05. The number of rotatable bonds is 3. The van der Waals surface area contributed by atoms with Gasteiger partial charge in [-0.05, 0) is 75.4 Å². The molecule has 4 nitrogen and oxygen atoms in total. The van der Waals surface area contributed by atoms with Gasteiger partial charge < -0.3 is 4.90 Å². The van der Waals surface area contributed by atoms with Gasteiger partial charge in [-0.25, -0.2) is 4.98 Å². The molecule has 0 unspecified atom stereocenters. The molecule has 0 spiro atoms. The molecule has 5 heteroatoms. The minimum absolute atomic E-state index is 0.159. The third kappa shape index (κ3) is 3.42.